The van der Waals surface area contributed by atoms with Crippen LogP contribution in [0, 0.1) is 5.92 Å². The van der Waals surface area contributed by atoms with Gasteiger partial charge in [0.2, 0.25) is 0 Å². The third kappa shape index (κ3) is 4.14. The van der Waals surface area contributed by atoms with Crippen molar-refractivity contribution in [3.05, 3.63) is 76.3 Å². The van der Waals surface area contributed by atoms with E-state index < -0.39 is 0 Å². The van der Waals surface area contributed by atoms with Crippen LogP contribution in [-0.2, 0) is 17.8 Å². The van der Waals surface area contributed by atoms with Crippen molar-refractivity contribution in [2.24, 2.45) is 5.92 Å². The number of hydrogen-bond acceptors (Lipinski definition) is 4. The molecule has 0 spiro atoms. The topological polar surface area (TPSA) is 66.1 Å². The van der Waals surface area contributed by atoms with Crippen LogP contribution in [0.4, 0.5) is 0 Å². The highest BCUT2D eigenvalue weighted by Gasteiger charge is 2.25. The zero-order chi connectivity index (χ0) is 18.6. The van der Waals surface area contributed by atoms with Crippen molar-refractivity contribution in [1.29, 1.82) is 0 Å². The zero-order valence-electron chi connectivity index (χ0n) is 15.2. The first-order valence-electron chi connectivity index (χ1n) is 9.44. The number of nitrogens with zero attached hydrogens (tertiary/aromatic N) is 2. The Morgan fingerprint density at radius 1 is 1.07 bits per heavy atom. The maximum atomic E-state index is 12.7. The van der Waals surface area contributed by atoms with Crippen LogP contribution < -0.4 is 5.56 Å². The number of piperidine rings is 1. The first kappa shape index (κ1) is 17.6. The lowest BCUT2D eigenvalue weighted by molar-refractivity contribution is -0.123. The van der Waals surface area contributed by atoms with Crippen LogP contribution in [0.1, 0.15) is 24.0 Å². The van der Waals surface area contributed by atoms with E-state index in [1.807, 2.05) is 18.2 Å². The molecule has 2 heterocycles. The molecular formula is C22H23N3O2. The van der Waals surface area contributed by atoms with Crippen LogP contribution >= 0.6 is 0 Å². The van der Waals surface area contributed by atoms with Gasteiger partial charge in [-0.3, -0.25) is 14.5 Å². The summed E-state index contributed by atoms with van der Waals surface area (Å²) in [6, 6.07) is 15.9. The van der Waals surface area contributed by atoms with Gasteiger partial charge in [-0.1, -0.05) is 36.4 Å². The molecule has 4 rings (SSSR count). The van der Waals surface area contributed by atoms with Crippen molar-refractivity contribution in [3.63, 3.8) is 0 Å². The molecular weight excluding hydrogens is 338 g/mol. The number of rotatable bonds is 5. The fourth-order valence-corrected chi connectivity index (χ4v) is 3.82. The second-order valence-corrected chi connectivity index (χ2v) is 7.26. The summed E-state index contributed by atoms with van der Waals surface area (Å²) in [6.45, 7) is 2.87. The molecule has 0 bridgehead atoms. The number of carbonyl (C=O) groups is 1. The summed E-state index contributed by atoms with van der Waals surface area (Å²) in [5.41, 5.74) is 2.74. The monoisotopic (exact) mass is 361 g/mol. The number of H-pyrrole nitrogens is 1. The van der Waals surface area contributed by atoms with Gasteiger partial charge >= 0.3 is 0 Å². The molecule has 5 heteroatoms. The SMILES string of the molecule is O=C(Cc1ccc2c(=O)[nH]cnc2c1)C1CCN(Cc2ccccc2)CC1. The van der Waals surface area contributed by atoms with E-state index in [1.54, 1.807) is 6.07 Å². The predicted molar refractivity (Wildman–Crippen MR) is 106 cm³/mol. The van der Waals surface area contributed by atoms with Gasteiger partial charge in [0.25, 0.3) is 5.56 Å². The van der Waals surface area contributed by atoms with Crippen molar-refractivity contribution in [2.75, 3.05) is 13.1 Å². The molecule has 1 fully saturated rings. The molecule has 0 aliphatic carbocycles. The van der Waals surface area contributed by atoms with Crippen molar-refractivity contribution < 1.29 is 4.79 Å². The fraction of sp³-hybridized carbons (Fsp3) is 0.318. The first-order chi connectivity index (χ1) is 13.2. The second-order valence-electron chi connectivity index (χ2n) is 7.26. The van der Waals surface area contributed by atoms with E-state index in [0.717, 1.165) is 38.0 Å². The van der Waals surface area contributed by atoms with Crippen LogP contribution in [0.2, 0.25) is 0 Å². The van der Waals surface area contributed by atoms with Crippen molar-refractivity contribution in [2.45, 2.75) is 25.8 Å². The molecule has 138 valence electrons. The summed E-state index contributed by atoms with van der Waals surface area (Å²) in [6.07, 6.45) is 3.64. The molecule has 0 radical (unpaired) electrons. The summed E-state index contributed by atoms with van der Waals surface area (Å²) < 4.78 is 0. The maximum Gasteiger partial charge on any atom is 0.258 e. The van der Waals surface area contributed by atoms with Gasteiger partial charge in [-0.05, 0) is 49.2 Å². The average Bonchev–Trinajstić information content (AvgIpc) is 2.69. The number of hydrogen-bond donors (Lipinski definition) is 1. The molecule has 5 nitrogen and oxygen atoms in total. The molecule has 1 saturated heterocycles. The molecule has 0 saturated carbocycles. The molecule has 1 N–H and O–H groups in total. The van der Waals surface area contributed by atoms with Gasteiger partial charge in [0, 0.05) is 18.9 Å². The predicted octanol–water partition coefficient (Wildman–Crippen LogP) is 2.95. The molecule has 0 amide bonds. The third-order valence-corrected chi connectivity index (χ3v) is 5.38. The summed E-state index contributed by atoms with van der Waals surface area (Å²) in [7, 11) is 0. The largest absolute Gasteiger partial charge is 0.313 e. The number of aromatic amines is 1. The van der Waals surface area contributed by atoms with Gasteiger partial charge in [0.15, 0.2) is 0 Å². The van der Waals surface area contributed by atoms with E-state index in [4.69, 9.17) is 0 Å². The molecule has 1 aliphatic heterocycles. The zero-order valence-corrected chi connectivity index (χ0v) is 15.2. The lowest BCUT2D eigenvalue weighted by atomic mass is 9.89. The third-order valence-electron chi connectivity index (χ3n) is 5.38. The number of nitrogens with one attached hydrogen (secondary N) is 1. The Kier molecular flexibility index (Phi) is 5.12. The van der Waals surface area contributed by atoms with Gasteiger partial charge in [-0.2, -0.15) is 0 Å². The van der Waals surface area contributed by atoms with Gasteiger partial charge in [-0.25, -0.2) is 4.98 Å². The summed E-state index contributed by atoms with van der Waals surface area (Å²) in [4.78, 5) is 33.7. The summed E-state index contributed by atoms with van der Waals surface area (Å²) >= 11 is 0. The Morgan fingerprint density at radius 2 is 1.85 bits per heavy atom. The van der Waals surface area contributed by atoms with E-state index in [1.165, 1.54) is 11.9 Å². The minimum atomic E-state index is -0.149. The Hall–Kier alpha value is -2.79. The average molecular weight is 361 g/mol. The molecule has 3 aromatic rings. The minimum absolute atomic E-state index is 0.125. The number of benzene rings is 2. The van der Waals surface area contributed by atoms with E-state index in [0.29, 0.717) is 23.1 Å². The quantitative estimate of drug-likeness (QED) is 0.759. The van der Waals surface area contributed by atoms with Gasteiger partial charge < -0.3 is 4.98 Å². The highest BCUT2D eigenvalue weighted by atomic mass is 16.1. The second kappa shape index (κ2) is 7.84. The van der Waals surface area contributed by atoms with Crippen molar-refractivity contribution in [3.8, 4) is 0 Å². The van der Waals surface area contributed by atoms with Crippen molar-refractivity contribution >= 4 is 16.7 Å². The maximum absolute atomic E-state index is 12.7. The number of likely N-dealkylation sites (tertiary alicyclic amines) is 1. The highest BCUT2D eigenvalue weighted by molar-refractivity contribution is 5.85. The minimum Gasteiger partial charge on any atom is -0.313 e. The molecule has 0 unspecified atom stereocenters. The summed E-state index contributed by atoms with van der Waals surface area (Å²) in [5.74, 6) is 0.415. The highest BCUT2D eigenvalue weighted by Crippen LogP contribution is 2.22. The Morgan fingerprint density at radius 3 is 2.63 bits per heavy atom. The molecule has 2 aromatic carbocycles. The van der Waals surface area contributed by atoms with E-state index in [9.17, 15) is 9.59 Å². The Balaban J connectivity index is 1.35. The van der Waals surface area contributed by atoms with Crippen LogP contribution in [0.3, 0.4) is 0 Å². The molecule has 27 heavy (non-hydrogen) atoms. The van der Waals surface area contributed by atoms with E-state index in [-0.39, 0.29) is 11.5 Å². The van der Waals surface area contributed by atoms with E-state index >= 15 is 0 Å². The smallest absolute Gasteiger partial charge is 0.258 e. The van der Waals surface area contributed by atoms with Crippen LogP contribution in [0.25, 0.3) is 10.9 Å². The number of ketones is 1. The number of Topliss-reactive ketones (excluding diaryl/α,β-unsaturated/α-hetero) is 1. The molecule has 1 aliphatic rings. The van der Waals surface area contributed by atoms with Crippen LogP contribution in [0.5, 0.6) is 0 Å². The number of carbonyl (C=O) groups excluding carboxylic acids is 1. The summed E-state index contributed by atoms with van der Waals surface area (Å²) in [5, 5.41) is 0.558. The lowest BCUT2D eigenvalue weighted by Gasteiger charge is -2.31. The van der Waals surface area contributed by atoms with Gasteiger partial charge in [0.1, 0.15) is 5.78 Å². The van der Waals surface area contributed by atoms with E-state index in [2.05, 4.69) is 39.1 Å². The fourth-order valence-electron chi connectivity index (χ4n) is 3.82. The number of aromatic nitrogens is 2. The Labute approximate surface area is 158 Å². The standard InChI is InChI=1S/C22H23N3O2/c26-21(13-17-6-7-19-20(12-17)23-15-24-22(19)27)18-8-10-25(11-9-18)14-16-4-2-1-3-5-16/h1-7,12,15,18H,8-11,13-14H2,(H,23,24,27). The van der Waals surface area contributed by atoms with Gasteiger partial charge in [-0.15, -0.1) is 0 Å². The molecule has 0 atom stereocenters. The van der Waals surface area contributed by atoms with Crippen LogP contribution in [-0.4, -0.2) is 33.7 Å². The molecule has 1 aromatic heterocycles. The normalized spacial score (nSPS) is 15.9. The Bertz CT molecular complexity index is 989. The lowest BCUT2D eigenvalue weighted by Crippen LogP contribution is -2.36. The van der Waals surface area contributed by atoms with Crippen LogP contribution in [0.15, 0.2) is 59.7 Å². The van der Waals surface area contributed by atoms with Crippen molar-refractivity contribution in [1.82, 2.24) is 14.9 Å². The number of fused-ring (bicyclic) bond motifs is 1. The van der Waals surface area contributed by atoms with Gasteiger partial charge in [0.05, 0.1) is 17.2 Å². The first-order valence-corrected chi connectivity index (χ1v) is 9.44.